The normalized spacial score (nSPS) is 12.7. The number of hydrogen-bond donors (Lipinski definition) is 2. The van der Waals surface area contributed by atoms with E-state index >= 15 is 0 Å². The van der Waals surface area contributed by atoms with Crippen molar-refractivity contribution in [2.75, 3.05) is 12.3 Å². The van der Waals surface area contributed by atoms with Crippen molar-refractivity contribution in [3.63, 3.8) is 0 Å². The van der Waals surface area contributed by atoms with Gasteiger partial charge in [-0.3, -0.25) is 4.79 Å². The molecule has 0 saturated carbocycles. The third-order valence-electron chi connectivity index (χ3n) is 3.16. The molecule has 0 fully saturated rings. The molecule has 0 aliphatic rings. The second-order valence-corrected chi connectivity index (χ2v) is 8.33. The number of carbonyl (C=O) groups excluding carboxylic acids is 1. The second kappa shape index (κ2) is 8.53. The van der Waals surface area contributed by atoms with Gasteiger partial charge in [-0.15, -0.1) is 11.8 Å². The number of halogens is 1. The molecule has 0 aliphatic heterocycles. The van der Waals surface area contributed by atoms with Crippen LogP contribution in [0.15, 0.2) is 59.5 Å². The molecule has 0 aliphatic carbocycles. The maximum atomic E-state index is 12.1. The SMILES string of the molecule is NC(=O)C(SCCNS(=O)(=O)c1ccc(Cl)cc1)c1ccccc1. The Kier molecular flexibility index (Phi) is 6.68. The lowest BCUT2D eigenvalue weighted by Crippen LogP contribution is -2.27. The molecule has 0 radical (unpaired) electrons. The third-order valence-corrected chi connectivity index (χ3v) is 6.17. The molecule has 0 spiro atoms. The van der Waals surface area contributed by atoms with Gasteiger partial charge in [-0.1, -0.05) is 41.9 Å². The van der Waals surface area contributed by atoms with Gasteiger partial charge in [0.15, 0.2) is 0 Å². The standard InChI is InChI=1S/C16H17ClN2O3S2/c17-13-6-8-14(9-7-13)24(21,22)19-10-11-23-15(16(18)20)12-4-2-1-3-5-12/h1-9,15,19H,10-11H2,(H2,18,20). The highest BCUT2D eigenvalue weighted by molar-refractivity contribution is 8.00. The molecule has 8 heteroatoms. The number of nitrogens with two attached hydrogens (primary N) is 1. The summed E-state index contributed by atoms with van der Waals surface area (Å²) in [6.45, 7) is 0.187. The maximum Gasteiger partial charge on any atom is 0.240 e. The van der Waals surface area contributed by atoms with Crippen molar-refractivity contribution < 1.29 is 13.2 Å². The van der Waals surface area contributed by atoms with Crippen LogP contribution in [0.3, 0.4) is 0 Å². The highest BCUT2D eigenvalue weighted by Crippen LogP contribution is 2.27. The molecule has 5 nitrogen and oxygen atoms in total. The number of nitrogens with one attached hydrogen (secondary N) is 1. The van der Waals surface area contributed by atoms with Gasteiger partial charge >= 0.3 is 0 Å². The van der Waals surface area contributed by atoms with E-state index in [1.165, 1.54) is 36.0 Å². The van der Waals surface area contributed by atoms with Gasteiger partial charge in [0.25, 0.3) is 0 Å². The van der Waals surface area contributed by atoms with Gasteiger partial charge in [0.1, 0.15) is 5.25 Å². The molecule has 1 atom stereocenters. The first-order chi connectivity index (χ1) is 11.4. The number of hydrogen-bond acceptors (Lipinski definition) is 4. The average molecular weight is 385 g/mol. The summed E-state index contributed by atoms with van der Waals surface area (Å²) < 4.78 is 26.8. The van der Waals surface area contributed by atoms with E-state index in [1.54, 1.807) is 0 Å². The van der Waals surface area contributed by atoms with Crippen molar-refractivity contribution in [2.24, 2.45) is 5.73 Å². The fourth-order valence-corrected chi connectivity index (χ4v) is 4.28. The van der Waals surface area contributed by atoms with Crippen LogP contribution in [0.25, 0.3) is 0 Å². The van der Waals surface area contributed by atoms with Crippen molar-refractivity contribution in [3.05, 3.63) is 65.2 Å². The molecule has 1 unspecified atom stereocenters. The summed E-state index contributed by atoms with van der Waals surface area (Å²) in [7, 11) is -3.60. The smallest absolute Gasteiger partial charge is 0.240 e. The molecule has 1 amide bonds. The van der Waals surface area contributed by atoms with Crippen LogP contribution in [-0.2, 0) is 14.8 Å². The minimum atomic E-state index is -3.60. The summed E-state index contributed by atoms with van der Waals surface area (Å²) in [5, 5.41) is -0.0390. The molecule has 128 valence electrons. The van der Waals surface area contributed by atoms with Crippen LogP contribution >= 0.6 is 23.4 Å². The lowest BCUT2D eigenvalue weighted by atomic mass is 10.1. The van der Waals surface area contributed by atoms with E-state index in [0.29, 0.717) is 10.8 Å². The number of rotatable bonds is 8. The van der Waals surface area contributed by atoms with Crippen LogP contribution in [0, 0.1) is 0 Å². The summed E-state index contributed by atoms with van der Waals surface area (Å²) in [6, 6.07) is 15.1. The zero-order chi connectivity index (χ0) is 17.6. The van der Waals surface area contributed by atoms with Gasteiger partial charge in [-0.2, -0.15) is 0 Å². The van der Waals surface area contributed by atoms with E-state index in [2.05, 4.69) is 4.72 Å². The van der Waals surface area contributed by atoms with Gasteiger partial charge in [-0.25, -0.2) is 13.1 Å². The third kappa shape index (κ3) is 5.24. The number of carbonyl (C=O) groups is 1. The molecule has 0 saturated heterocycles. The summed E-state index contributed by atoms with van der Waals surface area (Å²) in [5.41, 5.74) is 6.23. The Balaban J connectivity index is 1.91. The number of amides is 1. The average Bonchev–Trinajstić information content (AvgIpc) is 2.55. The molecule has 2 aromatic rings. The number of sulfonamides is 1. The lowest BCUT2D eigenvalue weighted by molar-refractivity contribution is -0.117. The van der Waals surface area contributed by atoms with E-state index < -0.39 is 21.2 Å². The van der Waals surface area contributed by atoms with Crippen LogP contribution in [0.4, 0.5) is 0 Å². The Labute approximate surface area is 150 Å². The van der Waals surface area contributed by atoms with Gasteiger partial charge in [0.05, 0.1) is 4.90 Å². The number of benzene rings is 2. The van der Waals surface area contributed by atoms with Crippen LogP contribution in [-0.4, -0.2) is 26.6 Å². The van der Waals surface area contributed by atoms with Crippen LogP contribution < -0.4 is 10.5 Å². The van der Waals surface area contributed by atoms with Crippen molar-refractivity contribution in [1.82, 2.24) is 4.72 Å². The van der Waals surface area contributed by atoms with Gasteiger partial charge in [0, 0.05) is 17.3 Å². The summed E-state index contributed by atoms with van der Waals surface area (Å²) in [6.07, 6.45) is 0. The Morgan fingerprint density at radius 3 is 2.33 bits per heavy atom. The quantitative estimate of drug-likeness (QED) is 0.684. The largest absolute Gasteiger partial charge is 0.368 e. The predicted molar refractivity (Wildman–Crippen MR) is 97.5 cm³/mol. The minimum absolute atomic E-state index is 0.145. The van der Waals surface area contributed by atoms with Crippen LogP contribution in [0.2, 0.25) is 5.02 Å². The van der Waals surface area contributed by atoms with Crippen molar-refractivity contribution in [2.45, 2.75) is 10.1 Å². The first-order valence-corrected chi connectivity index (χ1v) is 10.0. The van der Waals surface area contributed by atoms with E-state index in [0.717, 1.165) is 5.56 Å². The molecular formula is C16H17ClN2O3S2. The van der Waals surface area contributed by atoms with Crippen LogP contribution in [0.1, 0.15) is 10.8 Å². The predicted octanol–water partition coefficient (Wildman–Crippen LogP) is 2.58. The van der Waals surface area contributed by atoms with Crippen molar-refractivity contribution in [3.8, 4) is 0 Å². The first kappa shape index (κ1) is 18.8. The Morgan fingerprint density at radius 2 is 1.75 bits per heavy atom. The Bertz CT molecular complexity index is 781. The highest BCUT2D eigenvalue weighted by Gasteiger charge is 2.19. The van der Waals surface area contributed by atoms with E-state index in [1.807, 2.05) is 30.3 Å². The van der Waals surface area contributed by atoms with Crippen LogP contribution in [0.5, 0.6) is 0 Å². The molecule has 3 N–H and O–H groups in total. The Hall–Kier alpha value is -1.54. The highest BCUT2D eigenvalue weighted by atomic mass is 35.5. The van der Waals surface area contributed by atoms with Crippen molar-refractivity contribution in [1.29, 1.82) is 0 Å². The topological polar surface area (TPSA) is 89.3 Å². The van der Waals surface area contributed by atoms with E-state index in [9.17, 15) is 13.2 Å². The molecule has 0 aromatic heterocycles. The molecule has 24 heavy (non-hydrogen) atoms. The summed E-state index contributed by atoms with van der Waals surface area (Å²) in [4.78, 5) is 11.7. The number of primary amides is 1. The molecule has 2 rings (SSSR count). The fourth-order valence-electron chi connectivity index (χ4n) is 2.02. The van der Waals surface area contributed by atoms with E-state index in [4.69, 9.17) is 17.3 Å². The Morgan fingerprint density at radius 1 is 1.12 bits per heavy atom. The molecule has 2 aromatic carbocycles. The van der Waals surface area contributed by atoms with Gasteiger partial charge in [-0.05, 0) is 29.8 Å². The molecular weight excluding hydrogens is 368 g/mol. The van der Waals surface area contributed by atoms with Gasteiger partial charge in [0.2, 0.25) is 15.9 Å². The van der Waals surface area contributed by atoms with Crippen molar-refractivity contribution >= 4 is 39.3 Å². The summed E-state index contributed by atoms with van der Waals surface area (Å²) >= 11 is 7.05. The zero-order valence-corrected chi connectivity index (χ0v) is 15.1. The number of thioether (sulfide) groups is 1. The van der Waals surface area contributed by atoms with Gasteiger partial charge < -0.3 is 5.73 Å². The molecule has 0 heterocycles. The fraction of sp³-hybridized carbons (Fsp3) is 0.188. The molecule has 0 bridgehead atoms. The maximum absolute atomic E-state index is 12.1. The van der Waals surface area contributed by atoms with E-state index in [-0.39, 0.29) is 11.4 Å². The minimum Gasteiger partial charge on any atom is -0.368 e. The lowest BCUT2D eigenvalue weighted by Gasteiger charge is -2.13. The first-order valence-electron chi connectivity index (χ1n) is 7.11. The summed E-state index contributed by atoms with van der Waals surface area (Å²) in [5.74, 6) is -0.0401. The zero-order valence-electron chi connectivity index (χ0n) is 12.7. The second-order valence-electron chi connectivity index (χ2n) is 4.92. The monoisotopic (exact) mass is 384 g/mol.